The molecule has 40 heavy (non-hydrogen) atoms. The summed E-state index contributed by atoms with van der Waals surface area (Å²) in [5, 5.41) is 3.03. The van der Waals surface area contributed by atoms with E-state index in [1.54, 1.807) is 33.8 Å². The number of hydrogen-bond acceptors (Lipinski definition) is 6. The Morgan fingerprint density at radius 1 is 1.15 bits per heavy atom. The lowest BCUT2D eigenvalue weighted by Gasteiger charge is -2.26. The van der Waals surface area contributed by atoms with E-state index in [0.29, 0.717) is 25.2 Å². The van der Waals surface area contributed by atoms with Crippen LogP contribution in [0.2, 0.25) is 0 Å². The Labute approximate surface area is 232 Å². The predicted molar refractivity (Wildman–Crippen MR) is 148 cm³/mol. The van der Waals surface area contributed by atoms with Crippen molar-refractivity contribution < 1.29 is 28.2 Å². The fourth-order valence-corrected chi connectivity index (χ4v) is 5.18. The van der Waals surface area contributed by atoms with E-state index >= 15 is 4.39 Å². The summed E-state index contributed by atoms with van der Waals surface area (Å²) in [4.78, 5) is 38.7. The van der Waals surface area contributed by atoms with Crippen molar-refractivity contribution in [2.45, 2.75) is 70.7 Å². The molecule has 212 valence electrons. The Morgan fingerprint density at radius 3 is 2.52 bits per heavy atom. The number of rotatable bonds is 9. The molecular formula is C31H35FN2O6. The van der Waals surface area contributed by atoms with E-state index in [1.165, 1.54) is 12.3 Å². The molecular weight excluding hydrogens is 515 g/mol. The normalized spacial score (nSPS) is 20.3. The van der Waals surface area contributed by atoms with E-state index in [2.05, 4.69) is 5.32 Å². The molecule has 9 heteroatoms. The molecule has 2 atom stereocenters. The topological polar surface area (TPSA) is 95.9 Å². The van der Waals surface area contributed by atoms with Crippen LogP contribution in [-0.2, 0) is 26.4 Å². The quantitative estimate of drug-likeness (QED) is 0.348. The molecule has 1 amide bonds. The van der Waals surface area contributed by atoms with Gasteiger partial charge in [0.2, 0.25) is 5.43 Å². The van der Waals surface area contributed by atoms with Gasteiger partial charge in [-0.15, -0.1) is 0 Å². The number of fused-ring (bicyclic) bond motifs is 1. The molecule has 3 aromatic rings. The number of esters is 1. The molecule has 2 aromatic carbocycles. The Bertz CT molecular complexity index is 1490. The second kappa shape index (κ2) is 10.7. The van der Waals surface area contributed by atoms with Crippen molar-refractivity contribution in [3.05, 3.63) is 81.4 Å². The smallest absolute Gasteiger partial charge is 0.408 e. The number of aromatic nitrogens is 1. The van der Waals surface area contributed by atoms with E-state index in [-0.39, 0.29) is 35.1 Å². The van der Waals surface area contributed by atoms with Gasteiger partial charge >= 0.3 is 12.1 Å². The SMILES string of the molecule is CCOC(=O)c1cn(C2CC2)c2cc(C3(NC(=O)OC(C)(C)C)CC3COCc3ccccc3)c(F)cc2c1=O. The minimum Gasteiger partial charge on any atom is -0.462 e. The first kappa shape index (κ1) is 27.8. The molecule has 2 saturated carbocycles. The molecule has 2 aliphatic carbocycles. The van der Waals surface area contributed by atoms with E-state index < -0.39 is 34.4 Å². The minimum atomic E-state index is -1.07. The fraction of sp³-hybridized carbons (Fsp3) is 0.452. The van der Waals surface area contributed by atoms with Gasteiger partial charge in [-0.1, -0.05) is 30.3 Å². The lowest BCUT2D eigenvalue weighted by molar-refractivity contribution is 0.0469. The molecule has 1 heterocycles. The maximum atomic E-state index is 15.9. The lowest BCUT2D eigenvalue weighted by Crippen LogP contribution is -2.41. The van der Waals surface area contributed by atoms with Crippen LogP contribution in [0.5, 0.6) is 0 Å². The highest BCUT2D eigenvalue weighted by Crippen LogP contribution is 2.54. The molecule has 8 nitrogen and oxygen atoms in total. The average molecular weight is 551 g/mol. The van der Waals surface area contributed by atoms with Crippen molar-refractivity contribution in [2.24, 2.45) is 5.92 Å². The fourth-order valence-electron chi connectivity index (χ4n) is 5.18. The van der Waals surface area contributed by atoms with Gasteiger partial charge in [-0.05, 0) is 64.7 Å². The van der Waals surface area contributed by atoms with Crippen LogP contribution < -0.4 is 10.7 Å². The van der Waals surface area contributed by atoms with Gasteiger partial charge in [-0.3, -0.25) is 4.79 Å². The zero-order valence-corrected chi connectivity index (χ0v) is 23.3. The maximum absolute atomic E-state index is 15.9. The van der Waals surface area contributed by atoms with Crippen molar-refractivity contribution in [1.82, 2.24) is 9.88 Å². The molecule has 2 fully saturated rings. The standard InChI is InChI=1S/C31H35FN2O6/c1-5-39-28(36)23-16-34(21-11-12-21)26-14-24(25(32)13-22(26)27(23)35)31(33-29(37)40-30(2,3)4)15-20(31)18-38-17-19-9-7-6-8-10-19/h6-10,13-14,16,20-21H,5,11-12,15,17-18H2,1-4H3,(H,33,37). The predicted octanol–water partition coefficient (Wildman–Crippen LogP) is 5.61. The molecule has 2 unspecified atom stereocenters. The van der Waals surface area contributed by atoms with Crippen LogP contribution in [0.25, 0.3) is 10.9 Å². The molecule has 0 spiro atoms. The summed E-state index contributed by atoms with van der Waals surface area (Å²) in [6.45, 7) is 7.75. The van der Waals surface area contributed by atoms with Gasteiger partial charge < -0.3 is 24.1 Å². The summed E-state index contributed by atoms with van der Waals surface area (Å²) < 4.78 is 34.3. The number of ether oxygens (including phenoxy) is 3. The Morgan fingerprint density at radius 2 is 1.88 bits per heavy atom. The summed E-state index contributed by atoms with van der Waals surface area (Å²) >= 11 is 0. The minimum absolute atomic E-state index is 0.0913. The molecule has 5 rings (SSSR count). The number of carbonyl (C=O) groups excluding carboxylic acids is 2. The molecule has 1 N–H and O–H groups in total. The van der Waals surface area contributed by atoms with Gasteiger partial charge in [-0.25, -0.2) is 14.0 Å². The second-order valence-corrected chi connectivity index (χ2v) is 11.6. The third-order valence-corrected chi connectivity index (χ3v) is 7.30. The van der Waals surface area contributed by atoms with Crippen LogP contribution in [-0.4, -0.2) is 35.4 Å². The van der Waals surface area contributed by atoms with E-state index in [9.17, 15) is 14.4 Å². The number of hydrogen-bond donors (Lipinski definition) is 1. The summed E-state index contributed by atoms with van der Waals surface area (Å²) in [6, 6.07) is 12.6. The highest BCUT2D eigenvalue weighted by atomic mass is 19.1. The van der Waals surface area contributed by atoms with Gasteiger partial charge in [-0.2, -0.15) is 0 Å². The number of alkyl carbamates (subject to hydrolysis) is 1. The van der Waals surface area contributed by atoms with Crippen molar-refractivity contribution >= 4 is 23.0 Å². The Kier molecular flexibility index (Phi) is 7.44. The first-order valence-electron chi connectivity index (χ1n) is 13.7. The third-order valence-electron chi connectivity index (χ3n) is 7.30. The summed E-state index contributed by atoms with van der Waals surface area (Å²) in [5.41, 5.74) is -0.720. The van der Waals surface area contributed by atoms with Gasteiger partial charge in [0.15, 0.2) is 0 Å². The highest BCUT2D eigenvalue weighted by molar-refractivity contribution is 5.94. The van der Waals surface area contributed by atoms with Crippen LogP contribution in [0.3, 0.4) is 0 Å². The Balaban J connectivity index is 1.52. The summed E-state index contributed by atoms with van der Waals surface area (Å²) in [6.07, 6.45) is 3.06. The number of benzene rings is 2. The van der Waals surface area contributed by atoms with Crippen LogP contribution in [0.1, 0.15) is 74.5 Å². The molecule has 0 saturated heterocycles. The van der Waals surface area contributed by atoms with Crippen molar-refractivity contribution in [1.29, 1.82) is 0 Å². The largest absolute Gasteiger partial charge is 0.462 e. The maximum Gasteiger partial charge on any atom is 0.408 e. The molecule has 1 aromatic heterocycles. The first-order valence-corrected chi connectivity index (χ1v) is 13.7. The van der Waals surface area contributed by atoms with Crippen molar-refractivity contribution in [2.75, 3.05) is 13.2 Å². The third kappa shape index (κ3) is 5.75. The van der Waals surface area contributed by atoms with Gasteiger partial charge in [0.05, 0.1) is 30.9 Å². The van der Waals surface area contributed by atoms with Crippen LogP contribution in [0, 0.1) is 11.7 Å². The zero-order chi connectivity index (χ0) is 28.7. The van der Waals surface area contributed by atoms with Crippen LogP contribution >= 0.6 is 0 Å². The molecule has 0 aliphatic heterocycles. The van der Waals surface area contributed by atoms with Crippen LogP contribution in [0.15, 0.2) is 53.5 Å². The summed E-state index contributed by atoms with van der Waals surface area (Å²) in [5.74, 6) is -1.58. The number of carbonyl (C=O) groups is 2. The number of nitrogens with one attached hydrogen (secondary N) is 1. The second-order valence-electron chi connectivity index (χ2n) is 11.6. The monoisotopic (exact) mass is 550 g/mol. The van der Waals surface area contributed by atoms with E-state index in [0.717, 1.165) is 18.4 Å². The van der Waals surface area contributed by atoms with Crippen LogP contribution in [0.4, 0.5) is 9.18 Å². The van der Waals surface area contributed by atoms with Crippen molar-refractivity contribution in [3.63, 3.8) is 0 Å². The molecule has 2 aliphatic rings. The summed E-state index contributed by atoms with van der Waals surface area (Å²) in [7, 11) is 0. The Hall–Kier alpha value is -3.72. The number of amides is 1. The highest BCUT2D eigenvalue weighted by Gasteiger charge is 2.58. The van der Waals surface area contributed by atoms with E-state index in [1.807, 2.05) is 34.9 Å². The number of nitrogens with zero attached hydrogens (tertiary/aromatic N) is 1. The van der Waals surface area contributed by atoms with Gasteiger partial charge in [0.25, 0.3) is 0 Å². The molecule has 0 radical (unpaired) electrons. The first-order chi connectivity index (χ1) is 19.0. The zero-order valence-electron chi connectivity index (χ0n) is 23.3. The average Bonchev–Trinajstić information content (AvgIpc) is 3.81. The van der Waals surface area contributed by atoms with Gasteiger partial charge in [0, 0.05) is 29.1 Å². The van der Waals surface area contributed by atoms with Gasteiger partial charge in [0.1, 0.15) is 17.0 Å². The van der Waals surface area contributed by atoms with Crippen molar-refractivity contribution in [3.8, 4) is 0 Å². The number of halogens is 1. The van der Waals surface area contributed by atoms with E-state index in [4.69, 9.17) is 14.2 Å². The number of pyridine rings is 1. The molecule has 0 bridgehead atoms. The lowest BCUT2D eigenvalue weighted by atomic mass is 9.98.